The molecule has 0 bridgehead atoms. The average Bonchev–Trinajstić information content (AvgIpc) is 2.44. The second-order valence-electron chi connectivity index (χ2n) is 4.70. The zero-order valence-corrected chi connectivity index (χ0v) is 12.6. The van der Waals surface area contributed by atoms with Crippen molar-refractivity contribution < 1.29 is 22.5 Å². The van der Waals surface area contributed by atoms with Gasteiger partial charge in [-0.3, -0.25) is 4.21 Å². The quantitative estimate of drug-likeness (QED) is 0.773. The Morgan fingerprint density at radius 3 is 2.67 bits per heavy atom. The van der Waals surface area contributed by atoms with Crippen LogP contribution >= 0.6 is 0 Å². The van der Waals surface area contributed by atoms with E-state index in [4.69, 9.17) is 5.11 Å². The molecule has 0 aliphatic rings. The fraction of sp³-hybridized carbons (Fsp3) is 0.571. The molecule has 2 unspecified atom stereocenters. The predicted molar refractivity (Wildman–Crippen MR) is 76.5 cm³/mol. The van der Waals surface area contributed by atoms with E-state index in [1.165, 1.54) is 12.1 Å². The van der Waals surface area contributed by atoms with Gasteiger partial charge in [-0.05, 0) is 37.6 Å². The molecule has 0 saturated heterocycles. The van der Waals surface area contributed by atoms with Crippen LogP contribution in [0.15, 0.2) is 29.2 Å². The van der Waals surface area contributed by atoms with E-state index >= 15 is 0 Å². The Morgan fingerprint density at radius 1 is 1.38 bits per heavy atom. The smallest absolute Gasteiger partial charge is 0.396 e. The van der Waals surface area contributed by atoms with Crippen molar-refractivity contribution in [3.05, 3.63) is 29.8 Å². The van der Waals surface area contributed by atoms with Crippen LogP contribution in [0.3, 0.4) is 0 Å². The molecule has 2 N–H and O–H groups in total. The van der Waals surface area contributed by atoms with Crippen LogP contribution in [0.5, 0.6) is 0 Å². The molecule has 0 radical (unpaired) electrons. The van der Waals surface area contributed by atoms with Gasteiger partial charge in [0, 0.05) is 23.3 Å². The molecule has 21 heavy (non-hydrogen) atoms. The van der Waals surface area contributed by atoms with Crippen LogP contribution in [0.4, 0.5) is 13.2 Å². The van der Waals surface area contributed by atoms with Gasteiger partial charge in [-0.2, -0.15) is 13.2 Å². The van der Waals surface area contributed by atoms with Crippen LogP contribution in [0.1, 0.15) is 25.3 Å². The first-order valence-corrected chi connectivity index (χ1v) is 8.10. The summed E-state index contributed by atoms with van der Waals surface area (Å²) in [6.45, 7) is 2.64. The van der Waals surface area contributed by atoms with Crippen LogP contribution in [-0.4, -0.2) is 34.3 Å². The number of hydrogen-bond donors (Lipinski definition) is 2. The van der Waals surface area contributed by atoms with E-state index in [0.29, 0.717) is 13.0 Å². The molecule has 1 aromatic rings. The van der Waals surface area contributed by atoms with E-state index in [1.54, 1.807) is 0 Å². The lowest BCUT2D eigenvalue weighted by atomic mass is 10.2. The van der Waals surface area contributed by atoms with E-state index < -0.39 is 22.5 Å². The number of hydrogen-bond acceptors (Lipinski definition) is 3. The third-order valence-corrected chi connectivity index (χ3v) is 4.42. The molecule has 0 fully saturated rings. The lowest BCUT2D eigenvalue weighted by Gasteiger charge is -2.17. The van der Waals surface area contributed by atoms with Gasteiger partial charge in [-0.1, -0.05) is 13.0 Å². The summed E-state index contributed by atoms with van der Waals surface area (Å²) in [5.74, 6) is 0.182. The molecule has 2 atom stereocenters. The molecule has 3 nitrogen and oxygen atoms in total. The Labute approximate surface area is 125 Å². The zero-order chi connectivity index (χ0) is 15.9. The molecule has 0 aliphatic heterocycles. The highest BCUT2D eigenvalue weighted by molar-refractivity contribution is 7.85. The summed E-state index contributed by atoms with van der Waals surface area (Å²) in [6.07, 6.45) is -3.13. The zero-order valence-electron chi connectivity index (χ0n) is 11.8. The molecule has 0 aromatic heterocycles. The Morgan fingerprint density at radius 2 is 2.10 bits per heavy atom. The van der Waals surface area contributed by atoms with Crippen LogP contribution in [-0.2, 0) is 17.0 Å². The number of aliphatic hydroxyl groups is 1. The first-order chi connectivity index (χ1) is 9.88. The highest BCUT2D eigenvalue weighted by Gasteiger charge is 2.30. The van der Waals surface area contributed by atoms with E-state index in [1.807, 2.05) is 6.92 Å². The molecule has 1 rings (SSSR count). The highest BCUT2D eigenvalue weighted by Crippen LogP contribution is 2.30. The molecule has 120 valence electrons. The third-order valence-electron chi connectivity index (χ3n) is 2.94. The van der Waals surface area contributed by atoms with Crippen molar-refractivity contribution in [1.29, 1.82) is 0 Å². The van der Waals surface area contributed by atoms with Gasteiger partial charge < -0.3 is 10.4 Å². The average molecular weight is 323 g/mol. The summed E-state index contributed by atoms with van der Waals surface area (Å²) in [7, 11) is -1.54. The topological polar surface area (TPSA) is 49.3 Å². The number of aliphatic hydroxyl groups excluding tert-OH is 1. The minimum Gasteiger partial charge on any atom is -0.396 e. The van der Waals surface area contributed by atoms with Crippen LogP contribution in [0.2, 0.25) is 0 Å². The number of rotatable bonds is 8. The predicted octanol–water partition coefficient (Wildman–Crippen LogP) is 2.56. The molecular formula is C14H20F3NO2S. The van der Waals surface area contributed by atoms with Crippen LogP contribution in [0, 0.1) is 0 Å². The Kier molecular flexibility index (Phi) is 7.34. The molecule has 0 amide bonds. The second kappa shape index (κ2) is 8.51. The Bertz CT molecular complexity index is 466. The highest BCUT2D eigenvalue weighted by atomic mass is 32.2. The second-order valence-corrected chi connectivity index (χ2v) is 6.20. The molecule has 0 saturated carbocycles. The SMILES string of the molecule is CCCNC(CCO)CS(=O)c1cccc(C(F)(F)F)c1. The fourth-order valence-corrected chi connectivity index (χ4v) is 3.17. The summed E-state index contributed by atoms with van der Waals surface area (Å²) in [5, 5.41) is 12.1. The van der Waals surface area contributed by atoms with Gasteiger partial charge in [-0.15, -0.1) is 0 Å². The first kappa shape index (κ1) is 18.1. The molecule has 0 aliphatic carbocycles. The van der Waals surface area contributed by atoms with Crippen molar-refractivity contribution in [3.63, 3.8) is 0 Å². The lowest BCUT2D eigenvalue weighted by molar-refractivity contribution is -0.137. The third kappa shape index (κ3) is 6.15. The van der Waals surface area contributed by atoms with Crippen molar-refractivity contribution in [3.8, 4) is 0 Å². The largest absolute Gasteiger partial charge is 0.416 e. The molecular weight excluding hydrogens is 303 g/mol. The summed E-state index contributed by atoms with van der Waals surface area (Å²) in [6, 6.07) is 4.40. The van der Waals surface area contributed by atoms with E-state index in [9.17, 15) is 17.4 Å². The number of halogens is 3. The van der Waals surface area contributed by atoms with Gasteiger partial charge in [0.25, 0.3) is 0 Å². The first-order valence-electron chi connectivity index (χ1n) is 6.78. The van der Waals surface area contributed by atoms with Crippen LogP contribution in [0.25, 0.3) is 0 Å². The van der Waals surface area contributed by atoms with Gasteiger partial charge in [0.1, 0.15) is 0 Å². The van der Waals surface area contributed by atoms with E-state index in [2.05, 4.69) is 5.32 Å². The van der Waals surface area contributed by atoms with Crippen molar-refractivity contribution in [1.82, 2.24) is 5.32 Å². The van der Waals surface area contributed by atoms with Crippen molar-refractivity contribution in [2.24, 2.45) is 0 Å². The standard InChI is InChI=1S/C14H20F3NO2S/c1-2-7-18-12(6-8-19)10-21(20)13-5-3-4-11(9-13)14(15,16)17/h3-5,9,12,18-19H,2,6-8,10H2,1H3. The van der Waals surface area contributed by atoms with E-state index in [-0.39, 0.29) is 23.3 Å². The number of nitrogens with one attached hydrogen (secondary N) is 1. The van der Waals surface area contributed by atoms with E-state index in [0.717, 1.165) is 18.6 Å². The van der Waals surface area contributed by atoms with Crippen molar-refractivity contribution in [2.75, 3.05) is 18.9 Å². The minimum absolute atomic E-state index is 0.0544. The monoisotopic (exact) mass is 323 g/mol. The fourth-order valence-electron chi connectivity index (χ4n) is 1.84. The summed E-state index contributed by atoms with van der Waals surface area (Å²) >= 11 is 0. The van der Waals surface area contributed by atoms with Gasteiger partial charge in [-0.25, -0.2) is 0 Å². The maximum Gasteiger partial charge on any atom is 0.416 e. The molecule has 1 aromatic carbocycles. The maximum atomic E-state index is 12.6. The number of benzene rings is 1. The van der Waals surface area contributed by atoms with Crippen LogP contribution < -0.4 is 5.32 Å². The molecule has 0 spiro atoms. The van der Waals surface area contributed by atoms with Gasteiger partial charge in [0.2, 0.25) is 0 Å². The van der Waals surface area contributed by atoms with Gasteiger partial charge >= 0.3 is 6.18 Å². The normalized spacial score (nSPS) is 14.9. The molecule has 7 heteroatoms. The lowest BCUT2D eigenvalue weighted by Crippen LogP contribution is -2.35. The minimum atomic E-state index is -4.44. The Hall–Kier alpha value is -0.920. The van der Waals surface area contributed by atoms with Gasteiger partial charge in [0.15, 0.2) is 0 Å². The van der Waals surface area contributed by atoms with Crippen molar-refractivity contribution in [2.45, 2.75) is 36.9 Å². The molecule has 0 heterocycles. The van der Waals surface area contributed by atoms with Crippen molar-refractivity contribution >= 4 is 10.8 Å². The maximum absolute atomic E-state index is 12.6. The summed E-state index contributed by atoms with van der Waals surface area (Å²) < 4.78 is 50.1. The summed E-state index contributed by atoms with van der Waals surface area (Å²) in [4.78, 5) is 0.158. The van der Waals surface area contributed by atoms with Gasteiger partial charge in [0.05, 0.1) is 16.4 Å². The number of alkyl halides is 3. The Balaban J connectivity index is 2.77. The summed E-state index contributed by atoms with van der Waals surface area (Å²) in [5.41, 5.74) is -0.798.